The Morgan fingerprint density at radius 2 is 1.31 bits per heavy atom. The van der Waals surface area contributed by atoms with E-state index in [0.717, 1.165) is 6.54 Å². The summed E-state index contributed by atoms with van der Waals surface area (Å²) in [5.41, 5.74) is 0. The van der Waals surface area contributed by atoms with Crippen LogP contribution < -0.4 is 0 Å². The van der Waals surface area contributed by atoms with E-state index < -0.39 is 0 Å². The highest BCUT2D eigenvalue weighted by Gasteiger charge is 2.08. The van der Waals surface area contributed by atoms with Gasteiger partial charge in [-0.3, -0.25) is 4.90 Å². The van der Waals surface area contributed by atoms with E-state index in [9.17, 15) is 0 Å². The van der Waals surface area contributed by atoms with Crippen molar-refractivity contribution < 1.29 is 0 Å². The van der Waals surface area contributed by atoms with Gasteiger partial charge < -0.3 is 0 Å². The third kappa shape index (κ3) is 11.6. The lowest BCUT2D eigenvalue weighted by Crippen LogP contribution is -2.36. The number of rotatable bonds is 3. The molecule has 0 spiro atoms. The molecule has 0 aliphatic carbocycles. The van der Waals surface area contributed by atoms with Crippen LogP contribution in [0.2, 0.25) is 0 Å². The van der Waals surface area contributed by atoms with E-state index in [0.29, 0.717) is 12.1 Å². The number of hydrogen-bond acceptors (Lipinski definition) is 3. The van der Waals surface area contributed by atoms with E-state index in [-0.39, 0.29) is 12.4 Å². The van der Waals surface area contributed by atoms with E-state index in [1.807, 2.05) is 0 Å². The summed E-state index contributed by atoms with van der Waals surface area (Å²) >= 11 is 0. The minimum Gasteiger partial charge on any atom is -0.299 e. The Balaban J connectivity index is -0.000000220. The highest BCUT2D eigenvalue weighted by molar-refractivity contribution is 5.85. The predicted molar refractivity (Wildman–Crippen MR) is 60.3 cm³/mol. The van der Waals surface area contributed by atoms with Crippen LogP contribution in [0.1, 0.15) is 34.6 Å². The normalized spacial score (nSPS) is 8.92. The van der Waals surface area contributed by atoms with Crippen molar-refractivity contribution in [2.24, 2.45) is 0 Å². The van der Waals surface area contributed by atoms with Gasteiger partial charge in [-0.15, -0.1) is 12.4 Å². The lowest BCUT2D eigenvalue weighted by molar-refractivity contribution is 0.185. The second kappa shape index (κ2) is 11.6. The molecule has 0 aliphatic heterocycles. The van der Waals surface area contributed by atoms with Gasteiger partial charge in [0.25, 0.3) is 0 Å². The van der Waals surface area contributed by atoms with Crippen molar-refractivity contribution in [3.63, 3.8) is 0 Å². The second-order valence-corrected chi connectivity index (χ2v) is 3.14. The molecular formula is C9H22ClN3. The number of halogens is 1. The Morgan fingerprint density at radius 3 is 1.31 bits per heavy atom. The Labute approximate surface area is 87.9 Å². The molecule has 0 saturated carbocycles. The van der Waals surface area contributed by atoms with Gasteiger partial charge in [0.1, 0.15) is 0 Å². The zero-order valence-corrected chi connectivity index (χ0v) is 10.0. The van der Waals surface area contributed by atoms with E-state index in [2.05, 4.69) is 39.5 Å². The molecule has 0 bridgehead atoms. The largest absolute Gasteiger partial charge is 0.299 e. The van der Waals surface area contributed by atoms with Crippen LogP contribution in [0, 0.1) is 10.8 Å². The average Bonchev–Trinajstić information content (AvgIpc) is 1.88. The first kappa shape index (κ1) is 18.4. The SMILES string of the molecule is CCN(C(C)C)C(C)C.Cl.N=C=N. The molecule has 0 aromatic rings. The van der Waals surface area contributed by atoms with Gasteiger partial charge in [0.15, 0.2) is 0 Å². The summed E-state index contributed by atoms with van der Waals surface area (Å²) < 4.78 is 0. The standard InChI is InChI=1S/C8H19N.CH2N2.ClH/c1-6-9(7(2)3)8(4)5;2-1-3;/h7-8H,6H2,1-5H3;2-3H;1H. The molecule has 4 heteroatoms. The van der Waals surface area contributed by atoms with Crippen LogP contribution in [0.4, 0.5) is 0 Å². The lowest BCUT2D eigenvalue weighted by Gasteiger charge is -2.28. The smallest absolute Gasteiger partial charge is 0.0831 e. The van der Waals surface area contributed by atoms with Crippen LogP contribution in [0.3, 0.4) is 0 Å². The summed E-state index contributed by atoms with van der Waals surface area (Å²) in [5.74, 6) is 0. The Hall–Kier alpha value is -0.370. The molecule has 2 N–H and O–H groups in total. The minimum absolute atomic E-state index is 0. The molecule has 13 heavy (non-hydrogen) atoms. The molecule has 0 aromatic heterocycles. The Bertz CT molecular complexity index is 121. The molecule has 0 unspecified atom stereocenters. The third-order valence-corrected chi connectivity index (χ3v) is 1.69. The molecule has 0 atom stereocenters. The summed E-state index contributed by atoms with van der Waals surface area (Å²) in [5, 5.41) is 11.2. The molecule has 0 rings (SSSR count). The first-order valence-electron chi connectivity index (χ1n) is 4.35. The second-order valence-electron chi connectivity index (χ2n) is 3.14. The average molecular weight is 208 g/mol. The van der Waals surface area contributed by atoms with Gasteiger partial charge in [0.2, 0.25) is 0 Å². The summed E-state index contributed by atoms with van der Waals surface area (Å²) in [6.45, 7) is 12.3. The van der Waals surface area contributed by atoms with Crippen molar-refractivity contribution >= 4 is 18.4 Å². The maximum atomic E-state index is 5.62. The Morgan fingerprint density at radius 1 is 1.08 bits per heavy atom. The molecule has 0 amide bonds. The van der Waals surface area contributed by atoms with Gasteiger partial charge in [-0.1, -0.05) is 6.92 Å². The maximum Gasteiger partial charge on any atom is 0.0831 e. The van der Waals surface area contributed by atoms with Crippen LogP contribution in [-0.2, 0) is 0 Å². The molecule has 80 valence electrons. The highest BCUT2D eigenvalue weighted by Crippen LogP contribution is 2.02. The molecule has 3 nitrogen and oxygen atoms in total. The van der Waals surface area contributed by atoms with Crippen LogP contribution in [0.15, 0.2) is 0 Å². The van der Waals surface area contributed by atoms with Gasteiger partial charge in [0.05, 0.1) is 6.01 Å². The van der Waals surface area contributed by atoms with E-state index >= 15 is 0 Å². The van der Waals surface area contributed by atoms with E-state index in [1.54, 1.807) is 0 Å². The zero-order chi connectivity index (χ0) is 10.1. The van der Waals surface area contributed by atoms with Gasteiger partial charge in [-0.25, -0.2) is 10.8 Å². The molecule has 0 saturated heterocycles. The maximum absolute atomic E-state index is 5.62. The first-order chi connectivity index (χ1) is 5.51. The van der Waals surface area contributed by atoms with Crippen molar-refractivity contribution in [1.29, 1.82) is 10.8 Å². The molecule has 0 fully saturated rings. The highest BCUT2D eigenvalue weighted by atomic mass is 35.5. The summed E-state index contributed by atoms with van der Waals surface area (Å²) in [4.78, 5) is 2.46. The van der Waals surface area contributed by atoms with Crippen molar-refractivity contribution in [1.82, 2.24) is 4.90 Å². The quantitative estimate of drug-likeness (QED) is 0.687. The fraction of sp³-hybridized carbons (Fsp3) is 0.889. The van der Waals surface area contributed by atoms with Crippen LogP contribution in [0.5, 0.6) is 0 Å². The van der Waals surface area contributed by atoms with Gasteiger partial charge in [-0.2, -0.15) is 0 Å². The van der Waals surface area contributed by atoms with E-state index in [4.69, 9.17) is 10.8 Å². The van der Waals surface area contributed by atoms with E-state index in [1.165, 1.54) is 6.01 Å². The summed E-state index contributed by atoms with van der Waals surface area (Å²) in [6.07, 6.45) is 0. The fourth-order valence-corrected chi connectivity index (χ4v) is 1.33. The number of hydrogen-bond donors (Lipinski definition) is 2. The number of nitrogens with one attached hydrogen (secondary N) is 2. The monoisotopic (exact) mass is 207 g/mol. The summed E-state index contributed by atoms with van der Waals surface area (Å²) in [6, 6.07) is 2.63. The topological polar surface area (TPSA) is 50.9 Å². The molecule has 0 aliphatic rings. The van der Waals surface area contributed by atoms with Crippen molar-refractivity contribution in [3.8, 4) is 0 Å². The summed E-state index contributed by atoms with van der Waals surface area (Å²) in [7, 11) is 0. The van der Waals surface area contributed by atoms with Crippen molar-refractivity contribution in [2.45, 2.75) is 46.7 Å². The molecule has 0 aromatic carbocycles. The predicted octanol–water partition coefficient (Wildman–Crippen LogP) is 2.86. The van der Waals surface area contributed by atoms with Gasteiger partial charge in [-0.05, 0) is 34.2 Å². The zero-order valence-electron chi connectivity index (χ0n) is 9.22. The van der Waals surface area contributed by atoms with Crippen LogP contribution in [0.25, 0.3) is 0 Å². The molecular weight excluding hydrogens is 186 g/mol. The van der Waals surface area contributed by atoms with Crippen LogP contribution >= 0.6 is 12.4 Å². The van der Waals surface area contributed by atoms with Crippen molar-refractivity contribution in [3.05, 3.63) is 0 Å². The third-order valence-electron chi connectivity index (χ3n) is 1.69. The Kier molecular flexibility index (Phi) is 16.5. The molecule has 0 heterocycles. The van der Waals surface area contributed by atoms with Gasteiger partial charge in [0, 0.05) is 12.1 Å². The fourth-order valence-electron chi connectivity index (χ4n) is 1.33. The van der Waals surface area contributed by atoms with Gasteiger partial charge >= 0.3 is 0 Å². The molecule has 0 radical (unpaired) electrons. The number of nitrogens with zero attached hydrogens (tertiary/aromatic N) is 1. The first-order valence-corrected chi connectivity index (χ1v) is 4.35. The van der Waals surface area contributed by atoms with Crippen LogP contribution in [-0.4, -0.2) is 29.5 Å². The lowest BCUT2D eigenvalue weighted by atomic mass is 10.2. The minimum atomic E-state index is 0. The van der Waals surface area contributed by atoms with Crippen molar-refractivity contribution in [2.75, 3.05) is 6.54 Å².